The van der Waals surface area contributed by atoms with Gasteiger partial charge in [0.15, 0.2) is 0 Å². The molecule has 1 rings (SSSR count). The van der Waals surface area contributed by atoms with E-state index in [1.165, 1.54) is 160 Å². The standard InChI is InChI=1S/C42H76O6/c1-3-5-7-9-11-13-15-17-19-21-23-25-27-29-31-33-41(44)47-36-38-35-39(43)40(37-46-38)48-42(45)34-32-30-28-26-24-22-20-18-16-14-12-10-8-6-4-2/h37-38H,3-36H2,1-2H3/t38-/m0/s1. The highest BCUT2D eigenvalue weighted by Gasteiger charge is 2.27. The first-order valence-electron chi connectivity index (χ1n) is 20.8. The summed E-state index contributed by atoms with van der Waals surface area (Å²) >= 11 is 0. The van der Waals surface area contributed by atoms with E-state index in [9.17, 15) is 14.4 Å². The molecule has 48 heavy (non-hydrogen) atoms. The van der Waals surface area contributed by atoms with E-state index in [1.807, 2.05) is 0 Å². The van der Waals surface area contributed by atoms with Crippen molar-refractivity contribution in [3.05, 3.63) is 12.0 Å². The van der Waals surface area contributed by atoms with Crippen molar-refractivity contribution in [1.29, 1.82) is 0 Å². The third kappa shape index (κ3) is 28.0. The average molecular weight is 677 g/mol. The van der Waals surface area contributed by atoms with Crippen molar-refractivity contribution in [3.63, 3.8) is 0 Å². The Morgan fingerprint density at radius 3 is 1.23 bits per heavy atom. The smallest absolute Gasteiger partial charge is 0.311 e. The van der Waals surface area contributed by atoms with Gasteiger partial charge in [-0.05, 0) is 12.8 Å². The predicted molar refractivity (Wildman–Crippen MR) is 199 cm³/mol. The van der Waals surface area contributed by atoms with E-state index in [1.54, 1.807) is 0 Å². The van der Waals surface area contributed by atoms with Crippen molar-refractivity contribution < 1.29 is 28.6 Å². The molecule has 1 heterocycles. The molecule has 0 aromatic carbocycles. The summed E-state index contributed by atoms with van der Waals surface area (Å²) < 4.78 is 16.2. The second-order valence-corrected chi connectivity index (χ2v) is 14.4. The number of rotatable bonds is 35. The van der Waals surface area contributed by atoms with E-state index in [0.29, 0.717) is 12.8 Å². The molecule has 6 heteroatoms. The monoisotopic (exact) mass is 677 g/mol. The molecule has 0 saturated heterocycles. The van der Waals surface area contributed by atoms with Crippen LogP contribution in [0.2, 0.25) is 0 Å². The summed E-state index contributed by atoms with van der Waals surface area (Å²) in [7, 11) is 0. The number of allylic oxidation sites excluding steroid dienone is 1. The zero-order chi connectivity index (χ0) is 34.8. The Kier molecular flexibility index (Phi) is 31.0. The van der Waals surface area contributed by atoms with Crippen LogP contribution < -0.4 is 0 Å². The average Bonchev–Trinajstić information content (AvgIpc) is 3.08. The van der Waals surface area contributed by atoms with Gasteiger partial charge in [-0.1, -0.05) is 194 Å². The van der Waals surface area contributed by atoms with E-state index in [-0.39, 0.29) is 36.5 Å². The third-order valence-corrected chi connectivity index (χ3v) is 9.68. The minimum Gasteiger partial charge on any atom is -0.490 e. The molecule has 0 bridgehead atoms. The van der Waals surface area contributed by atoms with E-state index >= 15 is 0 Å². The highest BCUT2D eigenvalue weighted by atomic mass is 16.6. The highest BCUT2D eigenvalue weighted by Crippen LogP contribution is 2.19. The second kappa shape index (κ2) is 33.6. The summed E-state index contributed by atoms with van der Waals surface area (Å²) in [5.41, 5.74) is 0. The Balaban J connectivity index is 1.93. The fraction of sp³-hybridized carbons (Fsp3) is 0.881. The van der Waals surface area contributed by atoms with E-state index in [2.05, 4.69) is 13.8 Å². The Morgan fingerprint density at radius 1 is 0.542 bits per heavy atom. The van der Waals surface area contributed by atoms with Gasteiger partial charge in [-0.3, -0.25) is 14.4 Å². The van der Waals surface area contributed by atoms with Crippen molar-refractivity contribution in [2.24, 2.45) is 0 Å². The first-order chi connectivity index (χ1) is 23.6. The minimum absolute atomic E-state index is 0.0404. The number of ether oxygens (including phenoxy) is 3. The number of carbonyl (C=O) groups excluding carboxylic acids is 3. The van der Waals surface area contributed by atoms with Gasteiger partial charge in [-0.15, -0.1) is 0 Å². The quantitative estimate of drug-likeness (QED) is 0.0491. The lowest BCUT2D eigenvalue weighted by Crippen LogP contribution is -2.29. The first kappa shape index (κ1) is 44.2. The van der Waals surface area contributed by atoms with Gasteiger partial charge in [0.05, 0.1) is 6.42 Å². The molecule has 0 saturated carbocycles. The van der Waals surface area contributed by atoms with Crippen LogP contribution >= 0.6 is 0 Å². The lowest BCUT2D eigenvalue weighted by atomic mass is 10.0. The number of hydrogen-bond donors (Lipinski definition) is 0. The van der Waals surface area contributed by atoms with Crippen LogP contribution in [-0.2, 0) is 28.6 Å². The summed E-state index contributed by atoms with van der Waals surface area (Å²) in [4.78, 5) is 36.8. The number of carbonyl (C=O) groups is 3. The molecule has 0 amide bonds. The molecule has 0 aromatic heterocycles. The van der Waals surface area contributed by atoms with Crippen molar-refractivity contribution >= 4 is 17.7 Å². The third-order valence-electron chi connectivity index (χ3n) is 9.68. The van der Waals surface area contributed by atoms with Crippen LogP contribution in [0, 0.1) is 0 Å². The predicted octanol–water partition coefficient (Wildman–Crippen LogP) is 12.8. The number of ketones is 1. The molecular weight excluding hydrogens is 600 g/mol. The molecule has 6 nitrogen and oxygen atoms in total. The van der Waals surface area contributed by atoms with E-state index in [4.69, 9.17) is 14.2 Å². The maximum atomic E-state index is 12.5. The van der Waals surface area contributed by atoms with Crippen LogP contribution in [0.3, 0.4) is 0 Å². The molecule has 0 radical (unpaired) electrons. The molecule has 280 valence electrons. The number of unbranched alkanes of at least 4 members (excludes halogenated alkanes) is 28. The molecule has 1 aliphatic heterocycles. The summed E-state index contributed by atoms with van der Waals surface area (Å²) in [5, 5.41) is 0. The maximum Gasteiger partial charge on any atom is 0.311 e. The van der Waals surface area contributed by atoms with Gasteiger partial charge in [0, 0.05) is 12.8 Å². The zero-order valence-corrected chi connectivity index (χ0v) is 31.6. The van der Waals surface area contributed by atoms with Gasteiger partial charge in [0.1, 0.15) is 19.0 Å². The van der Waals surface area contributed by atoms with E-state index < -0.39 is 6.10 Å². The normalized spacial score (nSPS) is 14.5. The van der Waals surface area contributed by atoms with Crippen molar-refractivity contribution in [3.8, 4) is 0 Å². The maximum absolute atomic E-state index is 12.5. The van der Waals surface area contributed by atoms with Crippen molar-refractivity contribution in [2.75, 3.05) is 6.61 Å². The Labute approximate surface area is 296 Å². The lowest BCUT2D eigenvalue weighted by Gasteiger charge is -2.21. The summed E-state index contributed by atoms with van der Waals surface area (Å²) in [6, 6.07) is 0. The SMILES string of the molecule is CCCCCCCCCCCCCCCCCC(=O)OC[C@@H]1CC(=O)C(OC(=O)CCCCCCCCCCCCCCCCC)=CO1. The number of Topliss-reactive ketones (excluding diaryl/α,β-unsaturated/α-hetero) is 1. The van der Waals surface area contributed by atoms with Gasteiger partial charge in [0.25, 0.3) is 0 Å². The molecular formula is C42H76O6. The van der Waals surface area contributed by atoms with Crippen LogP contribution in [0.25, 0.3) is 0 Å². The highest BCUT2D eigenvalue weighted by molar-refractivity contribution is 5.96. The fourth-order valence-corrected chi connectivity index (χ4v) is 6.47. The van der Waals surface area contributed by atoms with Crippen LogP contribution in [0.15, 0.2) is 12.0 Å². The van der Waals surface area contributed by atoms with Gasteiger partial charge in [-0.25, -0.2) is 0 Å². The molecule has 1 aliphatic rings. The van der Waals surface area contributed by atoms with Crippen LogP contribution in [-0.4, -0.2) is 30.4 Å². The van der Waals surface area contributed by atoms with Gasteiger partial charge < -0.3 is 14.2 Å². The second-order valence-electron chi connectivity index (χ2n) is 14.4. The molecule has 0 N–H and O–H groups in total. The molecule has 0 aromatic rings. The first-order valence-corrected chi connectivity index (χ1v) is 20.8. The van der Waals surface area contributed by atoms with Crippen LogP contribution in [0.4, 0.5) is 0 Å². The Hall–Kier alpha value is -1.85. The number of esters is 2. The van der Waals surface area contributed by atoms with Crippen molar-refractivity contribution in [1.82, 2.24) is 0 Å². The Morgan fingerprint density at radius 2 is 0.875 bits per heavy atom. The molecule has 1 atom stereocenters. The topological polar surface area (TPSA) is 78.9 Å². The van der Waals surface area contributed by atoms with Crippen LogP contribution in [0.5, 0.6) is 0 Å². The summed E-state index contributed by atoms with van der Waals surface area (Å²) in [6.07, 6.45) is 39.9. The van der Waals surface area contributed by atoms with Crippen molar-refractivity contribution in [2.45, 2.75) is 232 Å². The minimum atomic E-state index is -0.527. The summed E-state index contributed by atoms with van der Waals surface area (Å²) in [5.74, 6) is -0.956. The molecule has 0 aliphatic carbocycles. The lowest BCUT2D eigenvalue weighted by molar-refractivity contribution is -0.149. The number of hydrogen-bond acceptors (Lipinski definition) is 6. The van der Waals surface area contributed by atoms with Gasteiger partial charge in [-0.2, -0.15) is 0 Å². The van der Waals surface area contributed by atoms with Crippen LogP contribution in [0.1, 0.15) is 226 Å². The van der Waals surface area contributed by atoms with Gasteiger partial charge in [0.2, 0.25) is 11.5 Å². The van der Waals surface area contributed by atoms with E-state index in [0.717, 1.165) is 38.5 Å². The van der Waals surface area contributed by atoms with Gasteiger partial charge >= 0.3 is 11.9 Å². The molecule has 0 unspecified atom stereocenters. The largest absolute Gasteiger partial charge is 0.490 e. The molecule has 0 fully saturated rings. The fourth-order valence-electron chi connectivity index (χ4n) is 6.47. The molecule has 0 spiro atoms. The Bertz CT molecular complexity index is 806. The zero-order valence-electron chi connectivity index (χ0n) is 31.6. The summed E-state index contributed by atoms with van der Waals surface area (Å²) in [6.45, 7) is 4.58.